The Kier molecular flexibility index (Phi) is 5.29. The lowest BCUT2D eigenvalue weighted by molar-refractivity contribution is -0.385. The topological polar surface area (TPSA) is 101 Å². The number of benzene rings is 1. The Bertz CT molecular complexity index is 810. The van der Waals surface area contributed by atoms with Crippen LogP contribution in [-0.4, -0.2) is 54.6 Å². The van der Waals surface area contributed by atoms with E-state index in [0.29, 0.717) is 18.4 Å². The lowest BCUT2D eigenvalue weighted by Gasteiger charge is -2.32. The molecule has 9 heteroatoms. The number of sulfonamides is 1. The number of non-ortho nitro benzene ring substituents is 1. The van der Waals surface area contributed by atoms with Gasteiger partial charge in [-0.05, 0) is 38.2 Å². The molecule has 0 spiro atoms. The molecule has 2 saturated heterocycles. The van der Waals surface area contributed by atoms with Gasteiger partial charge in [0.1, 0.15) is 0 Å². The smallest absolute Gasteiger partial charge is 0.270 e. The van der Waals surface area contributed by atoms with Crippen molar-refractivity contribution in [3.8, 4) is 0 Å². The van der Waals surface area contributed by atoms with Crippen molar-refractivity contribution in [2.75, 3.05) is 26.2 Å². The molecule has 0 aromatic heterocycles. The molecule has 0 N–H and O–H groups in total. The second-order valence-corrected chi connectivity index (χ2v) is 8.82. The molecule has 0 radical (unpaired) electrons. The van der Waals surface area contributed by atoms with E-state index in [-0.39, 0.29) is 35.5 Å². The summed E-state index contributed by atoms with van der Waals surface area (Å²) in [5.74, 6) is -0.00293. The molecule has 3 rings (SSSR count). The van der Waals surface area contributed by atoms with Crippen LogP contribution in [-0.2, 0) is 14.8 Å². The summed E-state index contributed by atoms with van der Waals surface area (Å²) in [6.45, 7) is 3.73. The first-order valence-corrected chi connectivity index (χ1v) is 10.3. The van der Waals surface area contributed by atoms with Gasteiger partial charge >= 0.3 is 0 Å². The molecule has 2 aliphatic heterocycles. The Morgan fingerprint density at radius 3 is 2.35 bits per heavy atom. The van der Waals surface area contributed by atoms with Crippen molar-refractivity contribution in [3.63, 3.8) is 0 Å². The van der Waals surface area contributed by atoms with Crippen molar-refractivity contribution >= 4 is 21.6 Å². The van der Waals surface area contributed by atoms with Crippen LogP contribution in [0, 0.1) is 23.0 Å². The van der Waals surface area contributed by atoms with Gasteiger partial charge in [0.15, 0.2) is 0 Å². The van der Waals surface area contributed by atoms with E-state index in [0.717, 1.165) is 32.0 Å². The normalized spacial score (nSPS) is 19.7. The number of aryl methyl sites for hydroxylation is 1. The molecule has 1 amide bonds. The number of nitro benzene ring substituents is 1. The number of nitro groups is 1. The quantitative estimate of drug-likeness (QED) is 0.586. The molecule has 0 atom stereocenters. The number of carbonyl (C=O) groups excluding carboxylic acids is 1. The van der Waals surface area contributed by atoms with E-state index < -0.39 is 14.9 Å². The Morgan fingerprint density at radius 1 is 1.15 bits per heavy atom. The second kappa shape index (κ2) is 7.32. The molecule has 1 aromatic rings. The van der Waals surface area contributed by atoms with Gasteiger partial charge in [-0.3, -0.25) is 14.9 Å². The summed E-state index contributed by atoms with van der Waals surface area (Å²) >= 11 is 0. The first kappa shape index (κ1) is 18.8. The van der Waals surface area contributed by atoms with E-state index in [1.54, 1.807) is 6.92 Å². The average molecular weight is 381 g/mol. The number of amides is 1. The fourth-order valence-corrected chi connectivity index (χ4v) is 5.37. The monoisotopic (exact) mass is 381 g/mol. The lowest BCUT2D eigenvalue weighted by Crippen LogP contribution is -2.43. The highest BCUT2D eigenvalue weighted by Gasteiger charge is 2.35. The highest BCUT2D eigenvalue weighted by Crippen LogP contribution is 2.29. The SMILES string of the molecule is Cc1ccc([N+](=O)[O-])cc1S(=O)(=O)N1CCC(C(=O)N2CCCC2)CC1. The van der Waals surface area contributed by atoms with Crippen molar-refractivity contribution in [1.82, 2.24) is 9.21 Å². The zero-order chi connectivity index (χ0) is 18.9. The zero-order valence-electron chi connectivity index (χ0n) is 14.8. The van der Waals surface area contributed by atoms with Gasteiger partial charge in [0.05, 0.1) is 9.82 Å². The molecule has 0 aliphatic carbocycles. The second-order valence-electron chi connectivity index (χ2n) is 6.92. The van der Waals surface area contributed by atoms with E-state index >= 15 is 0 Å². The van der Waals surface area contributed by atoms with Gasteiger partial charge in [0.25, 0.3) is 5.69 Å². The van der Waals surface area contributed by atoms with Gasteiger partial charge < -0.3 is 4.90 Å². The van der Waals surface area contributed by atoms with Crippen LogP contribution in [0.5, 0.6) is 0 Å². The molecule has 0 saturated carbocycles. The molecule has 26 heavy (non-hydrogen) atoms. The molecule has 0 unspecified atom stereocenters. The Labute approximate surface area is 153 Å². The lowest BCUT2D eigenvalue weighted by atomic mass is 9.97. The van der Waals surface area contributed by atoms with Crippen LogP contribution < -0.4 is 0 Å². The molecule has 1 aromatic carbocycles. The predicted octanol–water partition coefficient (Wildman–Crippen LogP) is 1.93. The number of carbonyl (C=O) groups is 1. The zero-order valence-corrected chi connectivity index (χ0v) is 15.6. The highest BCUT2D eigenvalue weighted by molar-refractivity contribution is 7.89. The van der Waals surface area contributed by atoms with E-state index in [1.807, 2.05) is 4.90 Å². The summed E-state index contributed by atoms with van der Waals surface area (Å²) < 4.78 is 27.2. The van der Waals surface area contributed by atoms with E-state index in [9.17, 15) is 23.3 Å². The maximum atomic E-state index is 12.9. The highest BCUT2D eigenvalue weighted by atomic mass is 32.2. The number of nitrogens with zero attached hydrogens (tertiary/aromatic N) is 3. The standard InChI is InChI=1S/C17H23N3O5S/c1-13-4-5-15(20(22)23)12-16(13)26(24,25)19-10-6-14(7-11-19)17(21)18-8-2-3-9-18/h4-5,12,14H,2-3,6-11H2,1H3. The summed E-state index contributed by atoms with van der Waals surface area (Å²) in [6.07, 6.45) is 3.04. The Hall–Kier alpha value is -2.00. The summed E-state index contributed by atoms with van der Waals surface area (Å²) in [4.78, 5) is 24.7. The van der Waals surface area contributed by atoms with Crippen LogP contribution in [0.25, 0.3) is 0 Å². The summed E-state index contributed by atoms with van der Waals surface area (Å²) in [6, 6.07) is 3.87. The summed E-state index contributed by atoms with van der Waals surface area (Å²) in [7, 11) is -3.81. The number of hydrogen-bond acceptors (Lipinski definition) is 5. The molecule has 2 heterocycles. The van der Waals surface area contributed by atoms with Crippen molar-refractivity contribution in [1.29, 1.82) is 0 Å². The van der Waals surface area contributed by atoms with Crippen LogP contribution in [0.4, 0.5) is 5.69 Å². The summed E-state index contributed by atoms with van der Waals surface area (Å²) in [5, 5.41) is 11.0. The van der Waals surface area contributed by atoms with Crippen molar-refractivity contribution in [3.05, 3.63) is 33.9 Å². The van der Waals surface area contributed by atoms with Crippen LogP contribution in [0.3, 0.4) is 0 Å². The number of piperidine rings is 1. The van der Waals surface area contributed by atoms with Crippen molar-refractivity contribution in [2.45, 2.75) is 37.5 Å². The number of hydrogen-bond donors (Lipinski definition) is 0. The van der Waals surface area contributed by atoms with E-state index in [2.05, 4.69) is 0 Å². The van der Waals surface area contributed by atoms with Crippen LogP contribution >= 0.6 is 0 Å². The van der Waals surface area contributed by atoms with Gasteiger partial charge in [-0.15, -0.1) is 0 Å². The van der Waals surface area contributed by atoms with Crippen LogP contribution in [0.1, 0.15) is 31.2 Å². The molecule has 8 nitrogen and oxygen atoms in total. The third-order valence-electron chi connectivity index (χ3n) is 5.22. The van der Waals surface area contributed by atoms with Gasteiger partial charge in [0, 0.05) is 44.2 Å². The number of rotatable bonds is 4. The van der Waals surface area contributed by atoms with Crippen LogP contribution in [0.2, 0.25) is 0 Å². The minimum Gasteiger partial charge on any atom is -0.342 e. The van der Waals surface area contributed by atoms with Gasteiger partial charge in [-0.25, -0.2) is 8.42 Å². The van der Waals surface area contributed by atoms with Crippen molar-refractivity contribution in [2.24, 2.45) is 5.92 Å². The molecule has 0 bridgehead atoms. The Morgan fingerprint density at radius 2 is 1.77 bits per heavy atom. The third-order valence-corrected chi connectivity index (χ3v) is 7.26. The Balaban J connectivity index is 1.73. The first-order chi connectivity index (χ1) is 12.3. The molecule has 2 fully saturated rings. The largest absolute Gasteiger partial charge is 0.342 e. The maximum Gasteiger partial charge on any atom is 0.270 e. The van der Waals surface area contributed by atoms with Gasteiger partial charge in [-0.1, -0.05) is 6.07 Å². The van der Waals surface area contributed by atoms with Crippen LogP contribution in [0.15, 0.2) is 23.1 Å². The van der Waals surface area contributed by atoms with Gasteiger partial charge in [0.2, 0.25) is 15.9 Å². The first-order valence-electron chi connectivity index (χ1n) is 8.84. The van der Waals surface area contributed by atoms with E-state index in [4.69, 9.17) is 0 Å². The molecule has 142 valence electrons. The minimum atomic E-state index is -3.81. The fourth-order valence-electron chi connectivity index (χ4n) is 3.66. The maximum absolute atomic E-state index is 12.9. The fraction of sp³-hybridized carbons (Fsp3) is 0.588. The van der Waals surface area contributed by atoms with Crippen molar-refractivity contribution < 1.29 is 18.1 Å². The van der Waals surface area contributed by atoms with Gasteiger partial charge in [-0.2, -0.15) is 4.31 Å². The minimum absolute atomic E-state index is 0.0315. The summed E-state index contributed by atoms with van der Waals surface area (Å²) in [5.41, 5.74) is 0.235. The predicted molar refractivity (Wildman–Crippen MR) is 95.1 cm³/mol. The average Bonchev–Trinajstić information content (AvgIpc) is 3.16. The van der Waals surface area contributed by atoms with E-state index in [1.165, 1.54) is 16.4 Å². The molecular weight excluding hydrogens is 358 g/mol. The third kappa shape index (κ3) is 3.59. The molecule has 2 aliphatic rings. The molecular formula is C17H23N3O5S. The number of likely N-dealkylation sites (tertiary alicyclic amines) is 1.